The highest BCUT2D eigenvalue weighted by molar-refractivity contribution is 7.99. The minimum absolute atomic E-state index is 0.871. The first kappa shape index (κ1) is 8.89. The summed E-state index contributed by atoms with van der Waals surface area (Å²) in [5.41, 5.74) is 0. The van der Waals surface area contributed by atoms with Crippen LogP contribution in [0.2, 0.25) is 0 Å². The molecule has 0 N–H and O–H groups in total. The fourth-order valence-electron chi connectivity index (χ4n) is 2.04. The fourth-order valence-corrected chi connectivity index (χ4v) is 3.52. The second kappa shape index (κ2) is 4.52. The van der Waals surface area contributed by atoms with Crippen molar-refractivity contribution in [2.75, 3.05) is 19.0 Å². The van der Waals surface area contributed by atoms with Crippen LogP contribution in [0.1, 0.15) is 32.1 Å². The number of hydrogen-bond donors (Lipinski definition) is 0. The second-order valence-corrected chi connectivity index (χ2v) is 5.30. The van der Waals surface area contributed by atoms with E-state index >= 15 is 0 Å². The Bertz CT molecular complexity index is 110. The van der Waals surface area contributed by atoms with Gasteiger partial charge >= 0.3 is 0 Å². The predicted octanol–water partition coefficient (Wildman–Crippen LogP) is 2.70. The van der Waals surface area contributed by atoms with Crippen LogP contribution in [0.15, 0.2) is 0 Å². The Kier molecular flexibility index (Phi) is 3.35. The molecular weight excluding hydrogens is 168 g/mol. The van der Waals surface area contributed by atoms with E-state index in [1.807, 2.05) is 0 Å². The van der Waals surface area contributed by atoms with Crippen molar-refractivity contribution in [2.45, 2.75) is 37.4 Å². The fraction of sp³-hybridized carbons (Fsp3) is 1.00. The van der Waals surface area contributed by atoms with Gasteiger partial charge in [0, 0.05) is 11.9 Å². The highest BCUT2D eigenvalue weighted by atomic mass is 32.2. The molecule has 2 rings (SSSR count). The Morgan fingerprint density at radius 3 is 2.67 bits per heavy atom. The summed E-state index contributed by atoms with van der Waals surface area (Å²) in [4.78, 5) is 0. The highest BCUT2D eigenvalue weighted by Crippen LogP contribution is 2.31. The Morgan fingerprint density at radius 1 is 1.17 bits per heavy atom. The average molecular weight is 186 g/mol. The third-order valence-corrected chi connectivity index (χ3v) is 4.50. The molecule has 2 aliphatic rings. The van der Waals surface area contributed by atoms with Gasteiger partial charge in [0.1, 0.15) is 0 Å². The van der Waals surface area contributed by atoms with Gasteiger partial charge in [-0.15, -0.1) is 0 Å². The van der Waals surface area contributed by atoms with Crippen molar-refractivity contribution >= 4 is 11.8 Å². The molecule has 2 heteroatoms. The first-order valence-corrected chi connectivity index (χ1v) is 6.19. The maximum Gasteiger partial charge on any atom is 0.0503 e. The number of ether oxygens (including phenoxy) is 1. The molecule has 0 aromatic rings. The molecule has 0 aromatic carbocycles. The Hall–Kier alpha value is 0.310. The van der Waals surface area contributed by atoms with Gasteiger partial charge in [0.15, 0.2) is 0 Å². The van der Waals surface area contributed by atoms with Gasteiger partial charge < -0.3 is 4.74 Å². The summed E-state index contributed by atoms with van der Waals surface area (Å²) < 4.78 is 5.36. The second-order valence-electron chi connectivity index (χ2n) is 3.97. The molecule has 1 saturated carbocycles. The van der Waals surface area contributed by atoms with Crippen LogP contribution >= 0.6 is 11.8 Å². The average Bonchev–Trinajstić information content (AvgIpc) is 2.74. The molecule has 0 bridgehead atoms. The van der Waals surface area contributed by atoms with Crippen LogP contribution in [0.25, 0.3) is 0 Å². The van der Waals surface area contributed by atoms with Gasteiger partial charge in [-0.25, -0.2) is 0 Å². The van der Waals surface area contributed by atoms with E-state index in [1.165, 1.54) is 37.9 Å². The Morgan fingerprint density at radius 2 is 2.00 bits per heavy atom. The molecule has 0 aromatic heterocycles. The molecule has 1 aliphatic heterocycles. The van der Waals surface area contributed by atoms with E-state index in [2.05, 4.69) is 11.8 Å². The van der Waals surface area contributed by atoms with Gasteiger partial charge in [0.05, 0.1) is 6.61 Å². The summed E-state index contributed by atoms with van der Waals surface area (Å²) in [7, 11) is 0. The van der Waals surface area contributed by atoms with E-state index in [0.29, 0.717) is 0 Å². The smallest absolute Gasteiger partial charge is 0.0503 e. The molecule has 1 nitrogen and oxygen atoms in total. The molecule has 0 spiro atoms. The number of thioether (sulfide) groups is 1. The van der Waals surface area contributed by atoms with Crippen LogP contribution in [0, 0.1) is 5.92 Å². The van der Waals surface area contributed by atoms with E-state index in [0.717, 1.165) is 24.4 Å². The van der Waals surface area contributed by atoms with Crippen molar-refractivity contribution in [3.63, 3.8) is 0 Å². The summed E-state index contributed by atoms with van der Waals surface area (Å²) in [6.07, 6.45) is 7.19. The van der Waals surface area contributed by atoms with Crippen LogP contribution in [0.3, 0.4) is 0 Å². The van der Waals surface area contributed by atoms with Gasteiger partial charge in [-0.3, -0.25) is 0 Å². The first-order valence-electron chi connectivity index (χ1n) is 5.14. The Labute approximate surface area is 79.2 Å². The molecular formula is C10H18OS. The van der Waals surface area contributed by atoms with Gasteiger partial charge in [0.2, 0.25) is 0 Å². The van der Waals surface area contributed by atoms with Gasteiger partial charge in [-0.2, -0.15) is 11.8 Å². The third kappa shape index (κ3) is 2.40. The standard InChI is InChI=1S/C10H18OS/c1-2-4-10(3-1)12-8-9-5-6-11-7-9/h9-10H,1-8H2. The van der Waals surface area contributed by atoms with Crippen LogP contribution in [0.4, 0.5) is 0 Å². The zero-order chi connectivity index (χ0) is 8.23. The minimum atomic E-state index is 0.871. The van der Waals surface area contributed by atoms with E-state index in [1.54, 1.807) is 0 Å². The Balaban J connectivity index is 1.60. The topological polar surface area (TPSA) is 9.23 Å². The van der Waals surface area contributed by atoms with E-state index in [4.69, 9.17) is 4.74 Å². The van der Waals surface area contributed by atoms with E-state index in [9.17, 15) is 0 Å². The molecule has 1 saturated heterocycles. The quantitative estimate of drug-likeness (QED) is 0.670. The molecule has 1 heterocycles. The zero-order valence-electron chi connectivity index (χ0n) is 7.63. The van der Waals surface area contributed by atoms with Crippen LogP contribution < -0.4 is 0 Å². The normalized spacial score (nSPS) is 31.5. The molecule has 0 amide bonds. The van der Waals surface area contributed by atoms with Crippen LogP contribution in [-0.4, -0.2) is 24.2 Å². The molecule has 1 atom stereocenters. The summed E-state index contributed by atoms with van der Waals surface area (Å²) in [5.74, 6) is 2.22. The van der Waals surface area contributed by atoms with Crippen LogP contribution in [-0.2, 0) is 4.74 Å². The first-order chi connectivity index (χ1) is 5.95. The molecule has 70 valence electrons. The molecule has 12 heavy (non-hydrogen) atoms. The van der Waals surface area contributed by atoms with Crippen molar-refractivity contribution in [1.82, 2.24) is 0 Å². The lowest BCUT2D eigenvalue weighted by Gasteiger charge is -2.11. The molecule has 2 fully saturated rings. The van der Waals surface area contributed by atoms with Crippen LogP contribution in [0.5, 0.6) is 0 Å². The van der Waals surface area contributed by atoms with E-state index in [-0.39, 0.29) is 0 Å². The lowest BCUT2D eigenvalue weighted by atomic mass is 10.2. The lowest BCUT2D eigenvalue weighted by Crippen LogP contribution is -2.06. The maximum atomic E-state index is 5.36. The SMILES string of the molecule is C1CCC(SCC2CCOC2)C1. The maximum absolute atomic E-state index is 5.36. The van der Waals surface area contributed by atoms with Crippen molar-refractivity contribution in [1.29, 1.82) is 0 Å². The van der Waals surface area contributed by atoms with E-state index < -0.39 is 0 Å². The monoisotopic (exact) mass is 186 g/mol. The van der Waals surface area contributed by atoms with Gasteiger partial charge in [-0.05, 0) is 30.9 Å². The number of rotatable bonds is 3. The number of hydrogen-bond acceptors (Lipinski definition) is 2. The minimum Gasteiger partial charge on any atom is -0.381 e. The lowest BCUT2D eigenvalue weighted by molar-refractivity contribution is 0.189. The van der Waals surface area contributed by atoms with Crippen molar-refractivity contribution in [2.24, 2.45) is 5.92 Å². The predicted molar refractivity (Wildman–Crippen MR) is 53.6 cm³/mol. The van der Waals surface area contributed by atoms with Gasteiger partial charge in [-0.1, -0.05) is 12.8 Å². The largest absolute Gasteiger partial charge is 0.381 e. The van der Waals surface area contributed by atoms with Crippen molar-refractivity contribution in [3.8, 4) is 0 Å². The third-order valence-electron chi connectivity index (χ3n) is 2.89. The summed E-state index contributed by atoms with van der Waals surface area (Å²) in [6, 6.07) is 0. The molecule has 1 unspecified atom stereocenters. The summed E-state index contributed by atoms with van der Waals surface area (Å²) in [5, 5.41) is 0.991. The van der Waals surface area contributed by atoms with Gasteiger partial charge in [0.25, 0.3) is 0 Å². The zero-order valence-corrected chi connectivity index (χ0v) is 8.44. The molecule has 0 radical (unpaired) electrons. The molecule has 1 aliphatic carbocycles. The van der Waals surface area contributed by atoms with Crippen molar-refractivity contribution < 1.29 is 4.74 Å². The summed E-state index contributed by atoms with van der Waals surface area (Å²) in [6.45, 7) is 2.04. The summed E-state index contributed by atoms with van der Waals surface area (Å²) >= 11 is 2.20. The van der Waals surface area contributed by atoms with Crippen molar-refractivity contribution in [3.05, 3.63) is 0 Å². The highest BCUT2D eigenvalue weighted by Gasteiger charge is 2.20.